The monoisotopic (exact) mass is 984 g/mol. The van der Waals surface area contributed by atoms with Crippen LogP contribution >= 0.6 is 0 Å². The standard InChI is InChI=1S/C55H70N3O.Pt/c1-33-23-24-56-45(25-33)40-31-39(42(53(11,12)13)32-43(40)54(14,15)16)38-21-20-22-46-47(38)57-49(41-29-36(52(8,9)10)30-44(48(41)59)55(17,18)19)58(46)37-27-34(50(2,3)4)26-35(28-37)51(5,6)7;/h20-30,32,59H,1-19H3;/q-1;. The van der Waals surface area contributed by atoms with Gasteiger partial charge in [-0.25, -0.2) is 4.98 Å². The van der Waals surface area contributed by atoms with Crippen LogP contribution in [0.4, 0.5) is 0 Å². The van der Waals surface area contributed by atoms with Crippen LogP contribution in [0, 0.1) is 13.0 Å². The molecule has 0 aliphatic heterocycles. The molecule has 0 bridgehead atoms. The van der Waals surface area contributed by atoms with Crippen LogP contribution in [0.5, 0.6) is 5.75 Å². The smallest absolute Gasteiger partial charge is 0.148 e. The molecule has 5 heteroatoms. The van der Waals surface area contributed by atoms with E-state index in [0.29, 0.717) is 0 Å². The van der Waals surface area contributed by atoms with Gasteiger partial charge in [0.15, 0.2) is 0 Å². The molecule has 6 rings (SSSR count). The van der Waals surface area contributed by atoms with Crippen LogP contribution in [-0.2, 0) is 53.6 Å². The summed E-state index contributed by atoms with van der Waals surface area (Å²) in [7, 11) is 0. The first kappa shape index (κ1) is 47.0. The number of aryl methyl sites for hydroxylation is 1. The number of imidazole rings is 1. The number of nitrogens with zero attached hydrogens (tertiary/aromatic N) is 3. The number of hydrogen-bond donors (Lipinski definition) is 1. The van der Waals surface area contributed by atoms with E-state index < -0.39 is 0 Å². The Bertz CT molecular complexity index is 2530. The van der Waals surface area contributed by atoms with Crippen LogP contribution in [0.15, 0.2) is 72.9 Å². The molecular formula is C55H70N3OPt-. The van der Waals surface area contributed by atoms with Gasteiger partial charge in [0, 0.05) is 44.2 Å². The zero-order chi connectivity index (χ0) is 44.0. The van der Waals surface area contributed by atoms with E-state index in [1.807, 2.05) is 6.20 Å². The second kappa shape index (κ2) is 15.7. The first-order valence-corrected chi connectivity index (χ1v) is 21.5. The Balaban J connectivity index is 0.00000683. The summed E-state index contributed by atoms with van der Waals surface area (Å²) in [6.07, 6.45) is 1.90. The molecule has 1 N–H and O–H groups in total. The Morgan fingerprint density at radius 2 is 1.05 bits per heavy atom. The molecule has 2 aromatic heterocycles. The second-order valence-corrected chi connectivity index (χ2v) is 23.2. The fourth-order valence-electron chi connectivity index (χ4n) is 7.98. The number of phenols is 1. The van der Waals surface area contributed by atoms with Gasteiger partial charge in [-0.15, -0.1) is 28.8 Å². The molecule has 0 atom stereocenters. The van der Waals surface area contributed by atoms with Crippen molar-refractivity contribution >= 4 is 11.0 Å². The van der Waals surface area contributed by atoms with Crippen LogP contribution in [0.1, 0.15) is 164 Å². The molecule has 6 aromatic rings. The Hall–Kier alpha value is -4.01. The minimum atomic E-state index is -0.306. The summed E-state index contributed by atoms with van der Waals surface area (Å²) in [5.74, 6) is 0.993. The molecule has 4 nitrogen and oxygen atoms in total. The van der Waals surface area contributed by atoms with E-state index in [4.69, 9.17) is 9.97 Å². The van der Waals surface area contributed by atoms with Crippen molar-refractivity contribution in [3.8, 4) is 45.2 Å². The van der Waals surface area contributed by atoms with Gasteiger partial charge >= 0.3 is 0 Å². The molecular weight excluding hydrogens is 914 g/mol. The SMILES string of the molecule is Cc1ccnc(-c2[c-]c(-c3cccc4c3nc(-c3cc(C(C)(C)C)cc(C(C)(C)C)c3O)n4-c3cc(C(C)(C)C)cc(C(C)(C)C)c3)c(C(C)(C)C)cc2C(C)(C)C)c1.[Pt]. The van der Waals surface area contributed by atoms with Crippen molar-refractivity contribution in [1.29, 1.82) is 0 Å². The number of fused-ring (bicyclic) bond motifs is 1. The number of para-hydroxylation sites is 1. The van der Waals surface area contributed by atoms with E-state index >= 15 is 0 Å². The number of hydrogen-bond acceptors (Lipinski definition) is 3. The van der Waals surface area contributed by atoms with Gasteiger partial charge in [-0.1, -0.05) is 172 Å². The van der Waals surface area contributed by atoms with Crippen molar-refractivity contribution < 1.29 is 26.2 Å². The summed E-state index contributed by atoms with van der Waals surface area (Å²) in [6.45, 7) is 42.7. The Kier molecular flexibility index (Phi) is 12.3. The van der Waals surface area contributed by atoms with Gasteiger partial charge in [-0.05, 0) is 86.4 Å². The molecule has 0 aliphatic carbocycles. The molecule has 0 fully saturated rings. The van der Waals surface area contributed by atoms with Gasteiger partial charge in [0.1, 0.15) is 11.6 Å². The fraction of sp³-hybridized carbons (Fsp3) is 0.455. The molecule has 0 spiro atoms. The molecule has 60 heavy (non-hydrogen) atoms. The van der Waals surface area contributed by atoms with Gasteiger partial charge in [-0.2, -0.15) is 0 Å². The number of benzene rings is 4. The quantitative estimate of drug-likeness (QED) is 0.179. The molecule has 0 saturated carbocycles. The van der Waals surface area contributed by atoms with Crippen molar-refractivity contribution in [2.75, 3.05) is 0 Å². The molecule has 0 unspecified atom stereocenters. The van der Waals surface area contributed by atoms with Crippen LogP contribution in [0.3, 0.4) is 0 Å². The summed E-state index contributed by atoms with van der Waals surface area (Å²) < 4.78 is 2.31. The van der Waals surface area contributed by atoms with Gasteiger partial charge in [-0.3, -0.25) is 9.55 Å². The van der Waals surface area contributed by atoms with E-state index in [0.717, 1.165) is 67.2 Å². The third kappa shape index (κ3) is 9.25. The number of rotatable bonds is 4. The number of phenolic OH excluding ortho intramolecular Hbond substituents is 1. The molecule has 322 valence electrons. The van der Waals surface area contributed by atoms with Crippen LogP contribution < -0.4 is 0 Å². The normalized spacial score (nSPS) is 13.2. The van der Waals surface area contributed by atoms with E-state index in [1.54, 1.807) is 0 Å². The first-order chi connectivity index (χ1) is 26.9. The summed E-state index contributed by atoms with van der Waals surface area (Å²) in [5, 5.41) is 12.5. The van der Waals surface area contributed by atoms with Gasteiger partial charge in [0.25, 0.3) is 0 Å². The predicted molar refractivity (Wildman–Crippen MR) is 253 cm³/mol. The number of pyridine rings is 1. The third-order valence-electron chi connectivity index (χ3n) is 11.8. The fourth-order valence-corrected chi connectivity index (χ4v) is 7.98. The Morgan fingerprint density at radius 1 is 0.533 bits per heavy atom. The average Bonchev–Trinajstić information content (AvgIpc) is 3.48. The Labute approximate surface area is 377 Å². The number of aromatic hydroxyl groups is 1. The minimum Gasteiger partial charge on any atom is -0.507 e. The maximum atomic E-state index is 12.5. The molecule has 4 aromatic carbocycles. The first-order valence-electron chi connectivity index (χ1n) is 21.5. The number of aromatic nitrogens is 3. The van der Waals surface area contributed by atoms with Crippen LogP contribution in [0.25, 0.3) is 50.5 Å². The largest absolute Gasteiger partial charge is 0.507 e. The summed E-state index contributed by atoms with van der Waals surface area (Å²) in [5.41, 5.74) is 14.7. The zero-order valence-electron chi connectivity index (χ0n) is 40.0. The zero-order valence-corrected chi connectivity index (χ0v) is 42.3. The van der Waals surface area contributed by atoms with Crippen LogP contribution in [0.2, 0.25) is 0 Å². The van der Waals surface area contributed by atoms with Gasteiger partial charge in [0.05, 0.1) is 16.6 Å². The molecule has 0 radical (unpaired) electrons. The Morgan fingerprint density at radius 3 is 1.55 bits per heavy atom. The molecule has 2 heterocycles. The van der Waals surface area contributed by atoms with Crippen molar-refractivity contribution in [2.45, 2.75) is 164 Å². The maximum Gasteiger partial charge on any atom is 0.148 e. The third-order valence-corrected chi connectivity index (χ3v) is 11.8. The maximum absolute atomic E-state index is 12.5. The van der Waals surface area contributed by atoms with Gasteiger partial charge in [0.2, 0.25) is 0 Å². The topological polar surface area (TPSA) is 50.9 Å². The summed E-state index contributed by atoms with van der Waals surface area (Å²) in [6, 6.07) is 28.6. The molecule has 0 aliphatic rings. The average molecular weight is 984 g/mol. The van der Waals surface area contributed by atoms with Crippen molar-refractivity contribution in [2.24, 2.45) is 0 Å². The van der Waals surface area contributed by atoms with Crippen molar-refractivity contribution in [3.05, 3.63) is 118 Å². The molecule has 0 saturated heterocycles. The van der Waals surface area contributed by atoms with Gasteiger partial charge < -0.3 is 5.11 Å². The predicted octanol–water partition coefficient (Wildman–Crippen LogP) is 15.0. The van der Waals surface area contributed by atoms with E-state index in [1.165, 1.54) is 22.3 Å². The summed E-state index contributed by atoms with van der Waals surface area (Å²) in [4.78, 5) is 10.6. The van der Waals surface area contributed by atoms with E-state index in [2.05, 4.69) is 209 Å². The summed E-state index contributed by atoms with van der Waals surface area (Å²) >= 11 is 0. The van der Waals surface area contributed by atoms with E-state index in [-0.39, 0.29) is 59.3 Å². The van der Waals surface area contributed by atoms with E-state index in [9.17, 15) is 5.11 Å². The second-order valence-electron chi connectivity index (χ2n) is 23.2. The van der Waals surface area contributed by atoms with Crippen LogP contribution in [-0.4, -0.2) is 19.6 Å². The van der Waals surface area contributed by atoms with Crippen molar-refractivity contribution in [3.63, 3.8) is 0 Å². The minimum absolute atomic E-state index is 0. The molecule has 0 amide bonds. The van der Waals surface area contributed by atoms with Crippen molar-refractivity contribution in [1.82, 2.24) is 14.5 Å².